The number of carboxylic acids is 1. The Morgan fingerprint density at radius 1 is 1.71 bits per heavy atom. The van der Waals surface area contributed by atoms with Gasteiger partial charge in [0.2, 0.25) is 0 Å². The van der Waals surface area contributed by atoms with Crippen LogP contribution in [0.2, 0.25) is 5.02 Å². The maximum absolute atomic E-state index is 10.8. The summed E-state index contributed by atoms with van der Waals surface area (Å²) < 4.78 is 5.39. The van der Waals surface area contributed by atoms with Crippen molar-refractivity contribution in [1.82, 2.24) is 0 Å². The molecule has 1 saturated carbocycles. The minimum atomic E-state index is -0.979. The van der Waals surface area contributed by atoms with E-state index in [0.29, 0.717) is 23.3 Å². The van der Waals surface area contributed by atoms with E-state index in [2.05, 4.69) is 0 Å². The van der Waals surface area contributed by atoms with Crippen molar-refractivity contribution in [2.45, 2.75) is 12.8 Å². The predicted octanol–water partition coefficient (Wildman–Crippen LogP) is 2.89. The third-order valence-electron chi connectivity index (χ3n) is 2.06. The average Bonchev–Trinajstić information content (AvgIpc) is 2.87. The lowest BCUT2D eigenvalue weighted by atomic mass is 10.4. The van der Waals surface area contributed by atoms with Gasteiger partial charge >= 0.3 is 5.97 Å². The Hall–Kier alpha value is -0.740. The van der Waals surface area contributed by atoms with E-state index in [9.17, 15) is 4.79 Å². The largest absolute Gasteiger partial charge is 0.490 e. The molecule has 1 heterocycles. The predicted molar refractivity (Wildman–Crippen MR) is 54.5 cm³/mol. The zero-order chi connectivity index (χ0) is 10.1. The van der Waals surface area contributed by atoms with Crippen LogP contribution in [0.15, 0.2) is 5.38 Å². The first-order valence-corrected chi connectivity index (χ1v) is 5.57. The van der Waals surface area contributed by atoms with E-state index in [4.69, 9.17) is 21.4 Å². The van der Waals surface area contributed by atoms with E-state index in [1.165, 1.54) is 12.8 Å². The average molecular weight is 233 g/mol. The monoisotopic (exact) mass is 232 g/mol. The molecule has 0 amide bonds. The molecule has 0 aromatic carbocycles. The molecule has 2 rings (SSSR count). The Morgan fingerprint density at radius 2 is 2.43 bits per heavy atom. The molecule has 0 saturated heterocycles. The molecule has 76 valence electrons. The van der Waals surface area contributed by atoms with Crippen molar-refractivity contribution >= 4 is 28.9 Å². The minimum Gasteiger partial charge on any atom is -0.490 e. The lowest BCUT2D eigenvalue weighted by Gasteiger charge is -2.04. The Kier molecular flexibility index (Phi) is 2.65. The fourth-order valence-electron chi connectivity index (χ4n) is 1.09. The Balaban J connectivity index is 2.11. The maximum Gasteiger partial charge on any atom is 0.349 e. The first-order valence-electron chi connectivity index (χ1n) is 4.31. The van der Waals surface area contributed by atoms with Gasteiger partial charge in [-0.1, -0.05) is 11.6 Å². The molecule has 0 spiro atoms. The molecular weight excluding hydrogens is 224 g/mol. The molecule has 1 aromatic heterocycles. The van der Waals surface area contributed by atoms with Crippen LogP contribution in [-0.2, 0) is 0 Å². The number of aromatic carboxylic acids is 1. The topological polar surface area (TPSA) is 46.5 Å². The van der Waals surface area contributed by atoms with Gasteiger partial charge in [-0.15, -0.1) is 11.3 Å². The van der Waals surface area contributed by atoms with Crippen molar-refractivity contribution in [3.8, 4) is 5.75 Å². The first-order chi connectivity index (χ1) is 6.68. The number of carboxylic acid groups (broad SMARTS) is 1. The van der Waals surface area contributed by atoms with Crippen LogP contribution in [-0.4, -0.2) is 17.7 Å². The van der Waals surface area contributed by atoms with E-state index in [1.807, 2.05) is 0 Å². The van der Waals surface area contributed by atoms with E-state index < -0.39 is 5.97 Å². The van der Waals surface area contributed by atoms with Crippen LogP contribution in [0.3, 0.4) is 0 Å². The van der Waals surface area contributed by atoms with Crippen molar-refractivity contribution < 1.29 is 14.6 Å². The van der Waals surface area contributed by atoms with E-state index in [-0.39, 0.29) is 4.88 Å². The minimum absolute atomic E-state index is 0.190. The van der Waals surface area contributed by atoms with Gasteiger partial charge in [0.1, 0.15) is 0 Å². The van der Waals surface area contributed by atoms with E-state index in [0.717, 1.165) is 11.3 Å². The maximum atomic E-state index is 10.8. The smallest absolute Gasteiger partial charge is 0.349 e. The highest BCUT2D eigenvalue weighted by Crippen LogP contribution is 2.37. The molecule has 0 radical (unpaired) electrons. The number of ether oxygens (including phenoxy) is 1. The van der Waals surface area contributed by atoms with Crippen LogP contribution in [0.4, 0.5) is 0 Å². The lowest BCUT2D eigenvalue weighted by molar-refractivity contribution is 0.0698. The molecule has 0 atom stereocenters. The van der Waals surface area contributed by atoms with Crippen LogP contribution in [0.5, 0.6) is 5.75 Å². The van der Waals surface area contributed by atoms with Crippen molar-refractivity contribution in [2.75, 3.05) is 6.61 Å². The van der Waals surface area contributed by atoms with Gasteiger partial charge < -0.3 is 9.84 Å². The number of halogens is 1. The van der Waals surface area contributed by atoms with Crippen LogP contribution < -0.4 is 4.74 Å². The SMILES string of the molecule is O=C(O)c1scc(Cl)c1OCC1CC1. The molecule has 0 unspecified atom stereocenters. The highest BCUT2D eigenvalue weighted by atomic mass is 35.5. The quantitative estimate of drug-likeness (QED) is 0.868. The third-order valence-corrected chi connectivity index (χ3v) is 3.42. The van der Waals surface area contributed by atoms with Crippen molar-refractivity contribution in [3.05, 3.63) is 15.3 Å². The Morgan fingerprint density at radius 3 is 3.00 bits per heavy atom. The van der Waals surface area contributed by atoms with Crippen molar-refractivity contribution in [1.29, 1.82) is 0 Å². The van der Waals surface area contributed by atoms with Gasteiger partial charge in [-0.05, 0) is 18.8 Å². The normalized spacial score (nSPS) is 15.5. The van der Waals surface area contributed by atoms with Gasteiger partial charge in [-0.3, -0.25) is 0 Å². The second kappa shape index (κ2) is 3.79. The fraction of sp³-hybridized carbons (Fsp3) is 0.444. The molecule has 14 heavy (non-hydrogen) atoms. The van der Waals surface area contributed by atoms with Gasteiger partial charge in [0.05, 0.1) is 11.6 Å². The summed E-state index contributed by atoms with van der Waals surface area (Å²) in [4.78, 5) is 11.0. The molecule has 1 aliphatic carbocycles. The van der Waals surface area contributed by atoms with Gasteiger partial charge in [-0.2, -0.15) is 0 Å². The number of hydrogen-bond donors (Lipinski definition) is 1. The van der Waals surface area contributed by atoms with E-state index >= 15 is 0 Å². The summed E-state index contributed by atoms with van der Waals surface area (Å²) >= 11 is 6.91. The number of thiophene rings is 1. The zero-order valence-corrected chi connectivity index (χ0v) is 8.90. The van der Waals surface area contributed by atoms with Crippen LogP contribution in [0.1, 0.15) is 22.5 Å². The van der Waals surface area contributed by atoms with Gasteiger partial charge in [-0.25, -0.2) is 4.79 Å². The molecule has 0 aliphatic heterocycles. The highest BCUT2D eigenvalue weighted by molar-refractivity contribution is 7.13. The molecule has 1 N–H and O–H groups in total. The molecule has 1 fully saturated rings. The van der Waals surface area contributed by atoms with Crippen LogP contribution in [0, 0.1) is 5.92 Å². The zero-order valence-electron chi connectivity index (χ0n) is 7.33. The molecular formula is C9H9ClO3S. The standard InChI is InChI=1S/C9H9ClO3S/c10-6-4-14-8(9(11)12)7(6)13-3-5-1-2-5/h4-5H,1-3H2,(H,11,12). The summed E-state index contributed by atoms with van der Waals surface area (Å²) in [6.07, 6.45) is 2.34. The molecule has 3 nitrogen and oxygen atoms in total. The summed E-state index contributed by atoms with van der Waals surface area (Å²) in [7, 11) is 0. The molecule has 5 heteroatoms. The number of rotatable bonds is 4. The van der Waals surface area contributed by atoms with Gasteiger partial charge in [0, 0.05) is 5.38 Å². The second-order valence-electron chi connectivity index (χ2n) is 3.30. The van der Waals surface area contributed by atoms with E-state index in [1.54, 1.807) is 5.38 Å². The molecule has 1 aromatic rings. The number of hydrogen-bond acceptors (Lipinski definition) is 3. The summed E-state index contributed by atoms with van der Waals surface area (Å²) in [5.41, 5.74) is 0. The van der Waals surface area contributed by atoms with Crippen molar-refractivity contribution in [3.63, 3.8) is 0 Å². The van der Waals surface area contributed by atoms with Gasteiger partial charge in [0.25, 0.3) is 0 Å². The Labute approximate surface area is 90.3 Å². The third kappa shape index (κ3) is 2.01. The first kappa shape index (κ1) is 9.80. The van der Waals surface area contributed by atoms with Crippen LogP contribution >= 0.6 is 22.9 Å². The molecule has 0 bridgehead atoms. The van der Waals surface area contributed by atoms with Crippen LogP contribution in [0.25, 0.3) is 0 Å². The second-order valence-corrected chi connectivity index (χ2v) is 4.59. The Bertz CT molecular complexity index is 357. The summed E-state index contributed by atoms with van der Waals surface area (Å²) in [6, 6.07) is 0. The summed E-state index contributed by atoms with van der Waals surface area (Å²) in [6.45, 7) is 0.580. The van der Waals surface area contributed by atoms with Gasteiger partial charge in [0.15, 0.2) is 10.6 Å². The highest BCUT2D eigenvalue weighted by Gasteiger charge is 2.24. The lowest BCUT2D eigenvalue weighted by Crippen LogP contribution is -2.03. The number of carbonyl (C=O) groups is 1. The summed E-state index contributed by atoms with van der Waals surface area (Å²) in [5, 5.41) is 10.8. The van der Waals surface area contributed by atoms with Crippen molar-refractivity contribution in [2.24, 2.45) is 5.92 Å². The molecule has 1 aliphatic rings. The fourth-order valence-corrected chi connectivity index (χ4v) is 2.14. The summed E-state index contributed by atoms with van der Waals surface area (Å²) in [5.74, 6) is -0.0589.